The molecular weight excluding hydrogens is 978 g/mol. The molecule has 4 rings (SSSR count). The minimum atomic E-state index is -4.96. The number of hydrogen-bond acceptors (Lipinski definition) is 15. The van der Waals surface area contributed by atoms with Crippen LogP contribution in [0.2, 0.25) is 0 Å². The summed E-state index contributed by atoms with van der Waals surface area (Å²) in [6.07, 6.45) is 2.37. The smallest absolute Gasteiger partial charge is 0.872 e. The molecular formula is C45H56N9NaO14S2. The summed E-state index contributed by atoms with van der Waals surface area (Å²) in [7, 11) is -4.96. The topological polar surface area (TPSA) is 360 Å². The van der Waals surface area contributed by atoms with Crippen molar-refractivity contribution < 1.29 is 95.9 Å². The summed E-state index contributed by atoms with van der Waals surface area (Å²) in [4.78, 5) is 126. The van der Waals surface area contributed by atoms with Crippen molar-refractivity contribution in [2.75, 3.05) is 18.8 Å². The van der Waals surface area contributed by atoms with Gasteiger partial charge < -0.3 is 52.7 Å². The molecule has 2 heterocycles. The molecule has 0 saturated carbocycles. The fraction of sp³-hybridized carbons (Fsp3) is 0.422. The van der Waals surface area contributed by atoms with Crippen molar-refractivity contribution >= 4 is 80.6 Å². The number of hydrogen-bond donors (Lipinski definition) is 10. The Labute approximate surface area is 435 Å². The molecule has 1 aliphatic heterocycles. The zero-order chi connectivity index (χ0) is 51.9. The van der Waals surface area contributed by atoms with Crippen LogP contribution in [0.25, 0.3) is 6.08 Å². The number of phenols is 1. The largest absolute Gasteiger partial charge is 1.00 e. The van der Waals surface area contributed by atoms with Crippen molar-refractivity contribution in [3.8, 4) is 11.5 Å². The molecule has 1 aromatic heterocycles. The number of nitrogens with zero attached hydrogens (tertiary/aromatic N) is 1. The van der Waals surface area contributed by atoms with Gasteiger partial charge in [0.05, 0.1) is 24.3 Å². The first-order chi connectivity index (χ1) is 32.9. The molecule has 26 heteroatoms. The van der Waals surface area contributed by atoms with Gasteiger partial charge in [-0.1, -0.05) is 58.4 Å². The molecule has 0 radical (unpaired) electrons. The number of benzene rings is 2. The quantitative estimate of drug-likeness (QED) is 0.0417. The van der Waals surface area contributed by atoms with Crippen LogP contribution >= 0.6 is 11.3 Å². The Morgan fingerprint density at radius 1 is 0.859 bits per heavy atom. The Balaban J connectivity index is 0.0000133. The molecule has 3 aromatic rings. The molecule has 0 spiro atoms. The molecule has 2 bridgehead atoms. The average Bonchev–Trinajstić information content (AvgIpc) is 3.78. The molecule has 2 aromatic carbocycles. The van der Waals surface area contributed by atoms with Crippen LogP contribution in [0.1, 0.15) is 80.1 Å². The molecule has 8 amide bonds. The molecule has 378 valence electrons. The Morgan fingerprint density at radius 3 is 2.14 bits per heavy atom. The standard InChI is InChI=1S/C45H57N9O14S2.Na/c1-6-24(4)37-38(59)44(65)52-32(18-26-7-12-29(55)13-8-26)45-49-28(21-69-45)11-16-35(57)50-34(22-70(66,67)68)41(62)46-19-33(43(64)51-31(17-23(2)3)42(63)54-37)53-39(60)25(5)48-36(58)20-47-40(61)27-9-14-30(56)15-10-27;/h7-16,21,23-25,31-34,37,55-56H,6,17-20,22H2,1-5H3,(H,46,62)(H,47,61)(H,48,58)(H,50,57)(H,51,64)(H,52,65)(H,53,60)(H,54,63)(H,66,67,68);/q;+1/p-1/b16-11-;/t24-,25-,31-,32-,33-,34-,37-;/m0./s1. The number of Topliss-reactive ketones (excluding diaryl/α,β-unsaturated/α-hetero) is 1. The molecule has 7 atom stereocenters. The normalized spacial score (nSPS) is 20.9. The number of rotatable bonds is 14. The molecule has 0 saturated heterocycles. The number of ketones is 1. The van der Waals surface area contributed by atoms with Crippen LogP contribution < -0.4 is 77.2 Å². The molecule has 23 nitrogen and oxygen atoms in total. The van der Waals surface area contributed by atoms with E-state index in [0.29, 0.717) is 12.0 Å². The summed E-state index contributed by atoms with van der Waals surface area (Å²) in [5.74, 6) is -11.6. The van der Waals surface area contributed by atoms with Gasteiger partial charge in [-0.25, -0.2) is 4.98 Å². The van der Waals surface area contributed by atoms with E-state index in [0.717, 1.165) is 17.4 Å². The SMILES string of the molecule is CC[C@H](C)[C@@H]1NC(=O)[C@H](CC(C)C)NC(=O)[C@@H](NC(=O)[C@H](C)NC(=O)CNC(=O)c2ccc(O)cc2)CNC(=O)[C@H](CS(=O)(=O)O)NC(=O)/C=C\c2csc(n2)[C@H](Cc2ccc([O-])cc2)NC(=O)C1=O.[Na+]. The van der Waals surface area contributed by atoms with E-state index in [1.54, 1.807) is 27.7 Å². The van der Waals surface area contributed by atoms with Gasteiger partial charge in [-0.3, -0.25) is 47.7 Å². The Morgan fingerprint density at radius 2 is 1.52 bits per heavy atom. The van der Waals surface area contributed by atoms with E-state index in [-0.39, 0.29) is 76.1 Å². The van der Waals surface area contributed by atoms with Crippen molar-refractivity contribution in [1.29, 1.82) is 0 Å². The van der Waals surface area contributed by atoms with Crippen LogP contribution in [0.4, 0.5) is 0 Å². The second-order valence-corrected chi connectivity index (χ2v) is 19.3. The summed E-state index contributed by atoms with van der Waals surface area (Å²) in [5.41, 5.74) is 0.852. The zero-order valence-electron chi connectivity index (χ0n) is 39.8. The van der Waals surface area contributed by atoms with Gasteiger partial charge in [0.2, 0.25) is 41.2 Å². The van der Waals surface area contributed by atoms with Crippen LogP contribution in [0.5, 0.6) is 11.5 Å². The van der Waals surface area contributed by atoms with Gasteiger partial charge in [-0.2, -0.15) is 8.42 Å². The van der Waals surface area contributed by atoms with E-state index >= 15 is 0 Å². The maximum Gasteiger partial charge on any atom is 1.00 e. The van der Waals surface area contributed by atoms with Crippen molar-refractivity contribution in [3.05, 3.63) is 81.8 Å². The van der Waals surface area contributed by atoms with Gasteiger partial charge in [0.25, 0.3) is 21.9 Å². The van der Waals surface area contributed by atoms with E-state index in [9.17, 15) is 66.3 Å². The molecule has 10 N–H and O–H groups in total. The van der Waals surface area contributed by atoms with Crippen LogP contribution in [0, 0.1) is 11.8 Å². The fourth-order valence-corrected chi connectivity index (χ4v) is 8.23. The molecule has 0 aliphatic carbocycles. The first-order valence-electron chi connectivity index (χ1n) is 22.0. The first-order valence-corrected chi connectivity index (χ1v) is 24.5. The number of thiazole rings is 1. The number of nitrogens with one attached hydrogen (secondary N) is 8. The Kier molecular flexibility index (Phi) is 22.8. The molecule has 0 unspecified atom stereocenters. The van der Waals surface area contributed by atoms with Gasteiger partial charge in [0.1, 0.15) is 40.7 Å². The van der Waals surface area contributed by atoms with Crippen molar-refractivity contribution in [2.45, 2.75) is 90.1 Å². The Hall–Kier alpha value is -6.25. The van der Waals surface area contributed by atoms with Gasteiger partial charge in [0, 0.05) is 23.6 Å². The summed E-state index contributed by atoms with van der Waals surface area (Å²) < 4.78 is 33.8. The van der Waals surface area contributed by atoms with Crippen LogP contribution in [-0.4, -0.2) is 125 Å². The van der Waals surface area contributed by atoms with E-state index in [1.165, 1.54) is 66.9 Å². The maximum atomic E-state index is 14.2. The number of amides is 8. The first kappa shape index (κ1) is 59.1. The summed E-state index contributed by atoms with van der Waals surface area (Å²) in [6, 6.07) is 1.77. The number of carbonyl (C=O) groups is 9. The Bertz CT molecular complexity index is 2560. The van der Waals surface area contributed by atoms with Crippen LogP contribution in [-0.2, 0) is 54.9 Å². The predicted molar refractivity (Wildman–Crippen MR) is 251 cm³/mol. The van der Waals surface area contributed by atoms with Gasteiger partial charge in [-0.05, 0) is 67.5 Å². The van der Waals surface area contributed by atoms with Crippen LogP contribution in [0.3, 0.4) is 0 Å². The molecule has 0 fully saturated rings. The second kappa shape index (κ2) is 27.4. The summed E-state index contributed by atoms with van der Waals surface area (Å²) >= 11 is 1.04. The summed E-state index contributed by atoms with van der Waals surface area (Å²) in [5, 5.41) is 42.4. The van der Waals surface area contributed by atoms with Crippen molar-refractivity contribution in [1.82, 2.24) is 47.5 Å². The number of phenolic OH excluding ortho intramolecular Hbond substituents is 1. The number of aromatic hydroxyl groups is 1. The minimum absolute atomic E-state index is 0. The number of fused-ring (bicyclic) bond motifs is 2. The maximum absolute atomic E-state index is 14.2. The van der Waals surface area contributed by atoms with Crippen molar-refractivity contribution in [2.24, 2.45) is 11.8 Å². The van der Waals surface area contributed by atoms with Gasteiger partial charge in [0.15, 0.2) is 0 Å². The molecule has 71 heavy (non-hydrogen) atoms. The van der Waals surface area contributed by atoms with E-state index < -0.39 is 124 Å². The minimum Gasteiger partial charge on any atom is -0.872 e. The van der Waals surface area contributed by atoms with E-state index in [1.807, 2.05) is 0 Å². The van der Waals surface area contributed by atoms with Gasteiger partial charge >= 0.3 is 29.6 Å². The average molecular weight is 1030 g/mol. The second-order valence-electron chi connectivity index (χ2n) is 16.9. The zero-order valence-corrected chi connectivity index (χ0v) is 43.4. The number of carbonyl (C=O) groups excluding carboxylic acids is 9. The molecule has 1 aliphatic rings. The van der Waals surface area contributed by atoms with Crippen LogP contribution in [0.15, 0.2) is 60.0 Å². The number of aromatic nitrogens is 1. The third-order valence-electron chi connectivity index (χ3n) is 10.7. The van der Waals surface area contributed by atoms with Gasteiger partial charge in [-0.15, -0.1) is 17.1 Å². The monoisotopic (exact) mass is 1030 g/mol. The van der Waals surface area contributed by atoms with E-state index in [2.05, 4.69) is 47.5 Å². The van der Waals surface area contributed by atoms with Crippen molar-refractivity contribution in [3.63, 3.8) is 0 Å². The van der Waals surface area contributed by atoms with E-state index in [4.69, 9.17) is 0 Å². The third-order valence-corrected chi connectivity index (χ3v) is 12.4. The predicted octanol–water partition coefficient (Wildman–Crippen LogP) is -4.11. The fourth-order valence-electron chi connectivity index (χ4n) is 6.74. The third kappa shape index (κ3) is 19.1. The summed E-state index contributed by atoms with van der Waals surface area (Å²) in [6.45, 7) is 6.58.